The van der Waals surface area contributed by atoms with Crippen molar-refractivity contribution in [2.24, 2.45) is 0 Å². The molecule has 0 aliphatic rings. The summed E-state index contributed by atoms with van der Waals surface area (Å²) in [5.41, 5.74) is 1.60. The van der Waals surface area contributed by atoms with Crippen molar-refractivity contribution in [2.45, 2.75) is 18.4 Å². The topological polar surface area (TPSA) is 30.0 Å². The number of halogens is 2. The van der Waals surface area contributed by atoms with Gasteiger partial charge in [-0.15, -0.1) is 11.3 Å². The van der Waals surface area contributed by atoms with Crippen LogP contribution >= 0.6 is 34.5 Å². The molecule has 2 rings (SSSR count). The molecule has 2 nitrogen and oxygen atoms in total. The quantitative estimate of drug-likeness (QED) is 0.845. The van der Waals surface area contributed by atoms with Crippen molar-refractivity contribution in [3.05, 3.63) is 49.9 Å². The van der Waals surface area contributed by atoms with Gasteiger partial charge in [0.05, 0.1) is 22.2 Å². The molecule has 0 saturated carbocycles. The molecule has 0 radical (unpaired) electrons. The van der Waals surface area contributed by atoms with Gasteiger partial charge in [0.2, 0.25) is 0 Å². The molecule has 0 amide bonds. The van der Waals surface area contributed by atoms with E-state index in [1.54, 1.807) is 29.5 Å². The molecule has 1 aromatic heterocycles. The number of thiazole rings is 1. The highest BCUT2D eigenvalue weighted by molar-refractivity contribution is 7.83. The number of rotatable bonds is 4. The number of nitrogens with zero attached hydrogens (tertiary/aromatic N) is 1. The summed E-state index contributed by atoms with van der Waals surface area (Å²) < 4.78 is 12.1. The number of hydrogen-bond acceptors (Lipinski definition) is 3. The van der Waals surface area contributed by atoms with Gasteiger partial charge in [0.25, 0.3) is 0 Å². The molecule has 0 N–H and O–H groups in total. The van der Waals surface area contributed by atoms with E-state index >= 15 is 0 Å². The first kappa shape index (κ1) is 14.0. The van der Waals surface area contributed by atoms with Crippen LogP contribution < -0.4 is 0 Å². The molecule has 2 aromatic rings. The molecule has 1 aromatic carbocycles. The summed E-state index contributed by atoms with van der Waals surface area (Å²) in [6, 6.07) is 5.29. The summed E-state index contributed by atoms with van der Waals surface area (Å²) >= 11 is 13.7. The molecule has 0 aliphatic carbocycles. The molecule has 6 heteroatoms. The fourth-order valence-electron chi connectivity index (χ4n) is 1.52. The van der Waals surface area contributed by atoms with Gasteiger partial charge in [0.1, 0.15) is 0 Å². The van der Waals surface area contributed by atoms with E-state index in [-0.39, 0.29) is 0 Å². The van der Waals surface area contributed by atoms with E-state index in [0.717, 1.165) is 16.3 Å². The van der Waals surface area contributed by atoms with Crippen LogP contribution in [0, 0.1) is 6.92 Å². The van der Waals surface area contributed by atoms with E-state index in [0.29, 0.717) is 21.6 Å². The maximum Gasteiger partial charge on any atom is 0.0897 e. The Hall–Kier alpha value is -0.420. The van der Waals surface area contributed by atoms with Crippen molar-refractivity contribution >= 4 is 45.3 Å². The monoisotopic (exact) mass is 319 g/mol. The molecule has 1 atom stereocenters. The third-order valence-electron chi connectivity index (χ3n) is 2.34. The van der Waals surface area contributed by atoms with Gasteiger partial charge >= 0.3 is 0 Å². The first-order valence-electron chi connectivity index (χ1n) is 5.25. The second-order valence-electron chi connectivity index (χ2n) is 3.79. The lowest BCUT2D eigenvalue weighted by Gasteiger charge is -2.06. The van der Waals surface area contributed by atoms with Crippen LogP contribution in [0.4, 0.5) is 0 Å². The highest BCUT2D eigenvalue weighted by atomic mass is 35.5. The summed E-state index contributed by atoms with van der Waals surface area (Å²) in [5.74, 6) is 0.793. The van der Waals surface area contributed by atoms with E-state index in [1.165, 1.54) is 0 Å². The Balaban J connectivity index is 2.08. The second kappa shape index (κ2) is 6.15. The molecule has 96 valence electrons. The molecule has 0 bridgehead atoms. The maximum atomic E-state index is 12.1. The first-order valence-corrected chi connectivity index (χ1v) is 8.37. The third kappa shape index (κ3) is 3.54. The molecule has 18 heavy (non-hydrogen) atoms. The average molecular weight is 320 g/mol. The summed E-state index contributed by atoms with van der Waals surface area (Å²) in [5, 5.41) is 4.04. The van der Waals surface area contributed by atoms with Gasteiger partial charge in [-0.2, -0.15) is 0 Å². The van der Waals surface area contributed by atoms with Gasteiger partial charge in [0, 0.05) is 31.8 Å². The summed E-state index contributed by atoms with van der Waals surface area (Å²) in [7, 11) is -1.05. The number of aryl methyl sites for hydroxylation is 1. The Morgan fingerprint density at radius 3 is 2.50 bits per heavy atom. The van der Waals surface area contributed by atoms with Crippen molar-refractivity contribution in [3.8, 4) is 0 Å². The zero-order chi connectivity index (χ0) is 13.1. The minimum absolute atomic E-state index is 0.356. The van der Waals surface area contributed by atoms with Gasteiger partial charge < -0.3 is 0 Å². The Morgan fingerprint density at radius 2 is 1.94 bits per heavy atom. The van der Waals surface area contributed by atoms with E-state index < -0.39 is 10.8 Å². The Morgan fingerprint density at radius 1 is 1.28 bits per heavy atom. The van der Waals surface area contributed by atoms with Crippen molar-refractivity contribution < 1.29 is 4.21 Å². The average Bonchev–Trinajstić information content (AvgIpc) is 2.69. The molecule has 0 spiro atoms. The van der Waals surface area contributed by atoms with Crippen LogP contribution in [0.2, 0.25) is 10.0 Å². The lowest BCUT2D eigenvalue weighted by molar-refractivity contribution is 0.681. The fourth-order valence-corrected chi connectivity index (χ4v) is 4.14. The molecule has 1 heterocycles. The predicted molar refractivity (Wildman–Crippen MR) is 78.9 cm³/mol. The first-order chi connectivity index (χ1) is 8.56. The summed E-state index contributed by atoms with van der Waals surface area (Å²) in [6.45, 7) is 1.93. The van der Waals surface area contributed by atoms with E-state index in [2.05, 4.69) is 4.98 Å². The van der Waals surface area contributed by atoms with Gasteiger partial charge in [-0.05, 0) is 19.1 Å². The Kier molecular flexibility index (Phi) is 4.78. The van der Waals surface area contributed by atoms with Gasteiger partial charge in [-0.3, -0.25) is 4.21 Å². The van der Waals surface area contributed by atoms with Crippen LogP contribution in [0.3, 0.4) is 0 Å². The van der Waals surface area contributed by atoms with Gasteiger partial charge in [0.15, 0.2) is 0 Å². The van der Waals surface area contributed by atoms with Gasteiger partial charge in [-0.25, -0.2) is 4.98 Å². The predicted octanol–water partition coefficient (Wildman–Crippen LogP) is 4.21. The highest BCUT2D eigenvalue weighted by Crippen LogP contribution is 2.26. The van der Waals surface area contributed by atoms with Gasteiger partial charge in [-0.1, -0.05) is 29.3 Å². The minimum atomic E-state index is -1.05. The lowest BCUT2D eigenvalue weighted by atomic mass is 10.2. The zero-order valence-electron chi connectivity index (χ0n) is 9.65. The van der Waals surface area contributed by atoms with Crippen LogP contribution in [-0.4, -0.2) is 9.19 Å². The molecule has 0 saturated heterocycles. The lowest BCUT2D eigenvalue weighted by Crippen LogP contribution is -2.01. The fraction of sp³-hybridized carbons (Fsp3) is 0.250. The van der Waals surface area contributed by atoms with E-state index in [4.69, 9.17) is 23.2 Å². The number of benzene rings is 1. The largest absolute Gasteiger partial charge is 0.259 e. The Labute approximate surface area is 122 Å². The zero-order valence-corrected chi connectivity index (χ0v) is 12.8. The number of hydrogen-bond donors (Lipinski definition) is 0. The van der Waals surface area contributed by atoms with Crippen molar-refractivity contribution in [2.75, 3.05) is 0 Å². The summed E-state index contributed by atoms with van der Waals surface area (Å²) in [4.78, 5) is 4.30. The van der Waals surface area contributed by atoms with Crippen LogP contribution in [0.5, 0.6) is 0 Å². The maximum absolute atomic E-state index is 12.1. The molecular formula is C12H11Cl2NOS2. The van der Waals surface area contributed by atoms with Crippen LogP contribution in [0.25, 0.3) is 0 Å². The molecular weight excluding hydrogens is 309 g/mol. The van der Waals surface area contributed by atoms with Crippen LogP contribution in [-0.2, 0) is 22.3 Å². The smallest absolute Gasteiger partial charge is 0.0897 e. The molecule has 0 aliphatic heterocycles. The SMILES string of the molecule is Cc1nc(C[S@@](=O)Cc2c(Cl)cccc2Cl)cs1. The summed E-state index contributed by atoms with van der Waals surface area (Å²) in [6.07, 6.45) is 0. The second-order valence-corrected chi connectivity index (χ2v) is 7.12. The van der Waals surface area contributed by atoms with E-state index in [1.807, 2.05) is 12.3 Å². The number of aromatic nitrogens is 1. The van der Waals surface area contributed by atoms with Crippen LogP contribution in [0.1, 0.15) is 16.3 Å². The minimum Gasteiger partial charge on any atom is -0.259 e. The van der Waals surface area contributed by atoms with E-state index in [9.17, 15) is 4.21 Å². The normalized spacial score (nSPS) is 12.6. The van der Waals surface area contributed by atoms with Crippen LogP contribution in [0.15, 0.2) is 23.6 Å². The van der Waals surface area contributed by atoms with Crippen molar-refractivity contribution in [1.29, 1.82) is 0 Å². The van der Waals surface area contributed by atoms with Crippen molar-refractivity contribution in [3.63, 3.8) is 0 Å². The molecule has 0 unspecified atom stereocenters. The standard InChI is InChI=1S/C12H11Cl2NOS2/c1-8-15-9(5-17-8)6-18(16)7-10-11(13)3-2-4-12(10)14/h2-5H,6-7H2,1H3/t18-/m1/s1. The highest BCUT2D eigenvalue weighted by Gasteiger charge is 2.11. The third-order valence-corrected chi connectivity index (χ3v) is 5.10. The Bertz CT molecular complexity index is 563. The van der Waals surface area contributed by atoms with Crippen molar-refractivity contribution in [1.82, 2.24) is 4.98 Å². The molecule has 0 fully saturated rings.